The van der Waals surface area contributed by atoms with Gasteiger partial charge in [0.2, 0.25) is 0 Å². The maximum atomic E-state index is 5.89. The molecule has 4 heteroatoms. The Balaban J connectivity index is 2.35. The van der Waals surface area contributed by atoms with Crippen LogP contribution in [0.2, 0.25) is 0 Å². The molecule has 0 aliphatic rings. The van der Waals surface area contributed by atoms with Crippen LogP contribution < -0.4 is 10.6 Å². The minimum absolute atomic E-state index is 0.0184. The Morgan fingerprint density at radius 1 is 1.07 bits per heavy atom. The third kappa shape index (κ3) is 6.38. The van der Waals surface area contributed by atoms with Crippen molar-refractivity contribution in [3.05, 3.63) is 77.3 Å². The van der Waals surface area contributed by atoms with Gasteiger partial charge in [0.15, 0.2) is 5.88 Å². The highest BCUT2D eigenvalue weighted by molar-refractivity contribution is 5.66. The quantitative estimate of drug-likeness (QED) is 0.493. The lowest BCUT2D eigenvalue weighted by Crippen LogP contribution is -2.38. The van der Waals surface area contributed by atoms with Gasteiger partial charge in [-0.2, -0.15) is 0 Å². The first-order chi connectivity index (χ1) is 13.9. The molecule has 0 aliphatic carbocycles. The smallest absolute Gasteiger partial charge is 0.180 e. The molecule has 2 aromatic rings. The van der Waals surface area contributed by atoms with Crippen molar-refractivity contribution >= 4 is 11.4 Å². The van der Waals surface area contributed by atoms with E-state index in [-0.39, 0.29) is 17.7 Å². The molecule has 0 amide bonds. The van der Waals surface area contributed by atoms with Crippen molar-refractivity contribution in [2.24, 2.45) is 0 Å². The summed E-state index contributed by atoms with van der Waals surface area (Å²) in [6, 6.07) is 10.7. The molecule has 30 heavy (non-hydrogen) atoms. The van der Waals surface area contributed by atoms with E-state index in [4.69, 9.17) is 9.72 Å². The Kier molecular flexibility index (Phi) is 7.35. The van der Waals surface area contributed by atoms with Crippen molar-refractivity contribution in [3.8, 4) is 0 Å². The van der Waals surface area contributed by atoms with Crippen LogP contribution in [0.25, 0.3) is 5.57 Å². The number of nitrogens with zero attached hydrogens (tertiary/aromatic N) is 1. The monoisotopic (exact) mass is 407 g/mol. The zero-order valence-electron chi connectivity index (χ0n) is 19.8. The summed E-state index contributed by atoms with van der Waals surface area (Å²) < 4.78 is 5.89. The van der Waals surface area contributed by atoms with Gasteiger partial charge in [-0.05, 0) is 90.3 Å². The molecule has 1 heterocycles. The summed E-state index contributed by atoms with van der Waals surface area (Å²) in [6.45, 7) is 24.5. The summed E-state index contributed by atoms with van der Waals surface area (Å²) in [6.07, 6.45) is 0. The van der Waals surface area contributed by atoms with Crippen molar-refractivity contribution in [2.45, 2.75) is 73.1 Å². The van der Waals surface area contributed by atoms with Crippen LogP contribution in [0, 0.1) is 20.8 Å². The van der Waals surface area contributed by atoms with Crippen LogP contribution in [0.3, 0.4) is 0 Å². The largest absolute Gasteiger partial charge is 0.474 e. The van der Waals surface area contributed by atoms with E-state index < -0.39 is 0 Å². The average molecular weight is 408 g/mol. The normalized spacial score (nSPS) is 13.3. The van der Waals surface area contributed by atoms with Crippen LogP contribution in [-0.4, -0.2) is 16.6 Å². The fraction of sp³-hybridized carbons (Fsp3) is 0.423. The molecule has 0 bridgehead atoms. The Bertz CT molecular complexity index is 907. The first-order valence-corrected chi connectivity index (χ1v) is 10.5. The zero-order chi connectivity index (χ0) is 22.6. The second kappa shape index (κ2) is 9.38. The Hall–Kier alpha value is -2.75. The fourth-order valence-electron chi connectivity index (χ4n) is 3.44. The lowest BCUT2D eigenvalue weighted by Gasteiger charge is -2.31. The number of allylic oxidation sites excluding steroid dienone is 1. The van der Waals surface area contributed by atoms with E-state index in [0.717, 1.165) is 28.2 Å². The Labute approximate surface area is 182 Å². The standard InChI is InChI=1S/C26H37N3O/c1-16(2)23-15-18(4)25(28-19(23)5)29-24(22-13-11-17(3)12-14-22)20(6)27-21(7)30-26(8,9)10/h11-15,20,24,27H,1,7H2,2-6,8-10H3,(H,28,29)/t20-,24?/m0/s1. The van der Waals surface area contributed by atoms with E-state index in [1.54, 1.807) is 0 Å². The number of hydrogen-bond donors (Lipinski definition) is 2. The van der Waals surface area contributed by atoms with Crippen LogP contribution in [0.15, 0.2) is 49.4 Å². The summed E-state index contributed by atoms with van der Waals surface area (Å²) in [5, 5.41) is 7.07. The number of aryl methyl sites for hydroxylation is 3. The highest BCUT2D eigenvalue weighted by Crippen LogP contribution is 2.28. The highest BCUT2D eigenvalue weighted by Gasteiger charge is 2.23. The summed E-state index contributed by atoms with van der Waals surface area (Å²) >= 11 is 0. The molecule has 0 radical (unpaired) electrons. The van der Waals surface area contributed by atoms with E-state index in [9.17, 15) is 0 Å². The van der Waals surface area contributed by atoms with E-state index >= 15 is 0 Å². The second-order valence-corrected chi connectivity index (χ2v) is 9.17. The van der Waals surface area contributed by atoms with Crippen LogP contribution in [0.4, 0.5) is 5.82 Å². The Morgan fingerprint density at radius 3 is 2.20 bits per heavy atom. The number of pyridine rings is 1. The number of ether oxygens (including phenoxy) is 1. The molecular weight excluding hydrogens is 370 g/mol. The van der Waals surface area contributed by atoms with Gasteiger partial charge < -0.3 is 15.4 Å². The van der Waals surface area contributed by atoms with Crippen LogP contribution >= 0.6 is 0 Å². The molecule has 162 valence electrons. The average Bonchev–Trinajstić information content (AvgIpc) is 2.60. The molecule has 0 fully saturated rings. The summed E-state index contributed by atoms with van der Waals surface area (Å²) in [4.78, 5) is 4.84. The van der Waals surface area contributed by atoms with Gasteiger partial charge >= 0.3 is 0 Å². The maximum absolute atomic E-state index is 5.89. The molecule has 1 aromatic heterocycles. The molecular formula is C26H37N3O. The first-order valence-electron chi connectivity index (χ1n) is 10.5. The van der Waals surface area contributed by atoms with Crippen molar-refractivity contribution < 1.29 is 4.74 Å². The SMILES string of the molecule is C=C(N[C@@H](C)C(Nc1nc(C)c(C(=C)C)cc1C)c1ccc(C)cc1)OC(C)(C)C. The summed E-state index contributed by atoms with van der Waals surface area (Å²) in [7, 11) is 0. The summed E-state index contributed by atoms with van der Waals surface area (Å²) in [5.74, 6) is 1.44. The molecule has 0 saturated heterocycles. The van der Waals surface area contributed by atoms with Crippen LogP contribution in [0.1, 0.15) is 68.6 Å². The lowest BCUT2D eigenvalue weighted by atomic mass is 9.98. The molecule has 2 rings (SSSR count). The molecule has 4 nitrogen and oxygen atoms in total. The van der Waals surface area contributed by atoms with Gasteiger partial charge in [-0.15, -0.1) is 0 Å². The topological polar surface area (TPSA) is 46.2 Å². The number of benzene rings is 1. The minimum atomic E-state index is -0.301. The van der Waals surface area contributed by atoms with Crippen LogP contribution in [0.5, 0.6) is 0 Å². The predicted octanol–water partition coefficient (Wildman–Crippen LogP) is 6.46. The van der Waals surface area contributed by atoms with E-state index in [1.807, 2.05) is 34.6 Å². The third-order valence-corrected chi connectivity index (χ3v) is 4.91. The summed E-state index contributed by atoms with van der Waals surface area (Å²) in [5.41, 5.74) is 6.29. The van der Waals surface area contributed by atoms with Crippen molar-refractivity contribution in [1.82, 2.24) is 10.3 Å². The zero-order valence-corrected chi connectivity index (χ0v) is 19.8. The third-order valence-electron chi connectivity index (χ3n) is 4.91. The Morgan fingerprint density at radius 2 is 1.67 bits per heavy atom. The van der Waals surface area contributed by atoms with Crippen molar-refractivity contribution in [2.75, 3.05) is 5.32 Å². The molecule has 0 aliphatic heterocycles. The molecule has 0 saturated carbocycles. The van der Waals surface area contributed by atoms with E-state index in [1.165, 1.54) is 11.1 Å². The van der Waals surface area contributed by atoms with E-state index in [2.05, 4.69) is 74.9 Å². The number of rotatable bonds is 8. The van der Waals surface area contributed by atoms with Gasteiger partial charge in [0, 0.05) is 5.69 Å². The van der Waals surface area contributed by atoms with Gasteiger partial charge in [-0.1, -0.05) is 36.4 Å². The van der Waals surface area contributed by atoms with Gasteiger partial charge in [0.25, 0.3) is 0 Å². The van der Waals surface area contributed by atoms with Crippen LogP contribution in [-0.2, 0) is 4.74 Å². The minimum Gasteiger partial charge on any atom is -0.474 e. The lowest BCUT2D eigenvalue weighted by molar-refractivity contribution is 0.0383. The number of anilines is 1. The molecule has 2 atom stereocenters. The number of aromatic nitrogens is 1. The molecule has 0 spiro atoms. The maximum Gasteiger partial charge on any atom is 0.180 e. The number of hydrogen-bond acceptors (Lipinski definition) is 4. The predicted molar refractivity (Wildman–Crippen MR) is 129 cm³/mol. The van der Waals surface area contributed by atoms with Gasteiger partial charge in [0.1, 0.15) is 11.4 Å². The van der Waals surface area contributed by atoms with Crippen molar-refractivity contribution in [3.63, 3.8) is 0 Å². The van der Waals surface area contributed by atoms with Gasteiger partial charge in [0.05, 0.1) is 12.1 Å². The highest BCUT2D eigenvalue weighted by atomic mass is 16.5. The number of nitrogens with one attached hydrogen (secondary N) is 2. The first kappa shape index (κ1) is 23.5. The molecule has 2 N–H and O–H groups in total. The van der Waals surface area contributed by atoms with E-state index in [0.29, 0.717) is 5.88 Å². The van der Waals surface area contributed by atoms with Gasteiger partial charge in [-0.3, -0.25) is 0 Å². The van der Waals surface area contributed by atoms with Gasteiger partial charge in [-0.25, -0.2) is 4.98 Å². The molecule has 1 unspecified atom stereocenters. The molecule has 1 aromatic carbocycles. The van der Waals surface area contributed by atoms with Crippen molar-refractivity contribution in [1.29, 1.82) is 0 Å². The second-order valence-electron chi connectivity index (χ2n) is 9.17. The fourth-order valence-corrected chi connectivity index (χ4v) is 3.44.